The standard InChI is InChI=1S/C15H17N5O5S/c1-8-10(13(22)18-14(23)17-8)5-12-19-20-15(25-12)26-7-11(21)16-6-9-3-2-4-24-9/h2-4,8,10H,5-7H2,1H3,(H,16,21)(H2,17,18,22,23). The van der Waals surface area contributed by atoms with E-state index in [1.165, 1.54) is 6.26 Å². The van der Waals surface area contributed by atoms with Gasteiger partial charge in [0.15, 0.2) is 0 Å². The van der Waals surface area contributed by atoms with Gasteiger partial charge in [-0.25, -0.2) is 4.79 Å². The number of thioether (sulfide) groups is 1. The molecule has 1 aliphatic heterocycles. The van der Waals surface area contributed by atoms with Crippen molar-refractivity contribution in [2.45, 2.75) is 31.2 Å². The molecule has 0 aromatic carbocycles. The number of aromatic nitrogens is 2. The predicted octanol–water partition coefficient (Wildman–Crippen LogP) is 0.458. The summed E-state index contributed by atoms with van der Waals surface area (Å²) in [4.78, 5) is 34.9. The summed E-state index contributed by atoms with van der Waals surface area (Å²) in [5.41, 5.74) is 0. The fourth-order valence-electron chi connectivity index (χ4n) is 2.39. The molecule has 3 N–H and O–H groups in total. The van der Waals surface area contributed by atoms with Crippen molar-refractivity contribution in [1.82, 2.24) is 26.1 Å². The molecule has 3 heterocycles. The van der Waals surface area contributed by atoms with Crippen LogP contribution in [0.1, 0.15) is 18.6 Å². The second-order valence-corrected chi connectivity index (χ2v) is 6.60. The van der Waals surface area contributed by atoms with Crippen LogP contribution < -0.4 is 16.0 Å². The number of urea groups is 1. The number of nitrogens with zero attached hydrogens (tertiary/aromatic N) is 2. The lowest BCUT2D eigenvalue weighted by Crippen LogP contribution is -2.57. The van der Waals surface area contributed by atoms with Gasteiger partial charge in [0.25, 0.3) is 5.22 Å². The van der Waals surface area contributed by atoms with E-state index in [2.05, 4.69) is 26.1 Å². The van der Waals surface area contributed by atoms with Crippen LogP contribution in [0.2, 0.25) is 0 Å². The van der Waals surface area contributed by atoms with Crippen molar-refractivity contribution in [3.8, 4) is 0 Å². The Morgan fingerprint density at radius 2 is 2.23 bits per heavy atom. The highest BCUT2D eigenvalue weighted by molar-refractivity contribution is 7.99. The average molecular weight is 379 g/mol. The monoisotopic (exact) mass is 379 g/mol. The highest BCUT2D eigenvalue weighted by Gasteiger charge is 2.34. The molecule has 0 saturated carbocycles. The molecule has 0 aliphatic carbocycles. The summed E-state index contributed by atoms with van der Waals surface area (Å²) < 4.78 is 10.6. The van der Waals surface area contributed by atoms with E-state index >= 15 is 0 Å². The Hall–Kier alpha value is -2.82. The van der Waals surface area contributed by atoms with Crippen LogP contribution in [0.3, 0.4) is 0 Å². The SMILES string of the molecule is CC1NC(=O)NC(=O)C1Cc1nnc(SCC(=O)NCc2ccco2)o1. The molecule has 2 unspecified atom stereocenters. The van der Waals surface area contributed by atoms with E-state index < -0.39 is 11.9 Å². The fourth-order valence-corrected chi connectivity index (χ4v) is 3.00. The second-order valence-electron chi connectivity index (χ2n) is 5.67. The summed E-state index contributed by atoms with van der Waals surface area (Å²) in [6.07, 6.45) is 1.74. The van der Waals surface area contributed by atoms with Crippen molar-refractivity contribution in [3.05, 3.63) is 30.0 Å². The van der Waals surface area contributed by atoms with E-state index in [9.17, 15) is 14.4 Å². The summed E-state index contributed by atoms with van der Waals surface area (Å²) >= 11 is 1.10. The number of amides is 4. The highest BCUT2D eigenvalue weighted by Crippen LogP contribution is 2.19. The minimum atomic E-state index is -0.513. The van der Waals surface area contributed by atoms with Crippen molar-refractivity contribution in [2.24, 2.45) is 5.92 Å². The molecule has 0 radical (unpaired) electrons. The summed E-state index contributed by atoms with van der Waals surface area (Å²) in [5.74, 6) is -0.0386. The smallest absolute Gasteiger partial charge is 0.321 e. The molecule has 138 valence electrons. The molecule has 0 bridgehead atoms. The number of carbonyl (C=O) groups excluding carboxylic acids is 3. The van der Waals surface area contributed by atoms with Gasteiger partial charge in [-0.2, -0.15) is 0 Å². The van der Waals surface area contributed by atoms with Gasteiger partial charge >= 0.3 is 6.03 Å². The van der Waals surface area contributed by atoms with Gasteiger partial charge in [0.2, 0.25) is 17.7 Å². The summed E-state index contributed by atoms with van der Waals surface area (Å²) in [7, 11) is 0. The Balaban J connectivity index is 1.46. The normalized spacial score (nSPS) is 19.7. The predicted molar refractivity (Wildman–Crippen MR) is 88.9 cm³/mol. The minimum Gasteiger partial charge on any atom is -0.467 e. The minimum absolute atomic E-state index is 0.110. The molecule has 2 aromatic heterocycles. The number of hydrogen-bond acceptors (Lipinski definition) is 8. The fraction of sp³-hybridized carbons (Fsp3) is 0.400. The quantitative estimate of drug-likeness (QED) is 0.590. The van der Waals surface area contributed by atoms with Gasteiger partial charge in [-0.05, 0) is 19.1 Å². The van der Waals surface area contributed by atoms with Gasteiger partial charge in [-0.1, -0.05) is 11.8 Å². The van der Waals surface area contributed by atoms with Crippen LogP contribution in [0, 0.1) is 5.92 Å². The van der Waals surface area contributed by atoms with Crippen LogP contribution >= 0.6 is 11.8 Å². The van der Waals surface area contributed by atoms with Crippen LogP contribution in [0.5, 0.6) is 0 Å². The number of rotatable bonds is 7. The Morgan fingerprint density at radius 1 is 1.38 bits per heavy atom. The van der Waals surface area contributed by atoms with Gasteiger partial charge in [-0.3, -0.25) is 14.9 Å². The first-order chi connectivity index (χ1) is 12.5. The zero-order valence-electron chi connectivity index (χ0n) is 13.9. The average Bonchev–Trinajstić information content (AvgIpc) is 3.26. The number of furan rings is 1. The maximum Gasteiger partial charge on any atom is 0.321 e. The molecule has 3 rings (SSSR count). The van der Waals surface area contributed by atoms with Crippen LogP contribution in [0.4, 0.5) is 4.79 Å². The Morgan fingerprint density at radius 3 is 2.96 bits per heavy atom. The van der Waals surface area contributed by atoms with Crippen LogP contribution in [-0.4, -0.2) is 39.8 Å². The molecular weight excluding hydrogens is 362 g/mol. The maximum atomic E-state index is 11.9. The zero-order chi connectivity index (χ0) is 18.5. The molecule has 1 saturated heterocycles. The van der Waals surface area contributed by atoms with Crippen molar-refractivity contribution in [3.63, 3.8) is 0 Å². The molecule has 0 spiro atoms. The molecule has 2 atom stereocenters. The molecule has 2 aromatic rings. The molecule has 11 heteroatoms. The van der Waals surface area contributed by atoms with E-state index in [1.54, 1.807) is 19.1 Å². The van der Waals surface area contributed by atoms with Gasteiger partial charge in [0.05, 0.1) is 24.5 Å². The molecular formula is C15H17N5O5S. The first-order valence-corrected chi connectivity index (χ1v) is 8.85. The van der Waals surface area contributed by atoms with Crippen molar-refractivity contribution in [2.75, 3.05) is 5.75 Å². The molecule has 1 aliphatic rings. The van der Waals surface area contributed by atoms with Gasteiger partial charge < -0.3 is 19.5 Å². The Bertz CT molecular complexity index is 790. The van der Waals surface area contributed by atoms with Gasteiger partial charge in [0.1, 0.15) is 5.76 Å². The third-order valence-electron chi connectivity index (χ3n) is 3.75. The first-order valence-electron chi connectivity index (χ1n) is 7.87. The lowest BCUT2D eigenvalue weighted by molar-refractivity contribution is -0.125. The lowest BCUT2D eigenvalue weighted by atomic mass is 9.95. The van der Waals surface area contributed by atoms with Crippen LogP contribution in [-0.2, 0) is 22.6 Å². The molecule has 10 nitrogen and oxygen atoms in total. The van der Waals surface area contributed by atoms with Gasteiger partial charge in [-0.15, -0.1) is 10.2 Å². The summed E-state index contributed by atoms with van der Waals surface area (Å²) in [6, 6.07) is 2.66. The highest BCUT2D eigenvalue weighted by atomic mass is 32.2. The maximum absolute atomic E-state index is 11.9. The second kappa shape index (κ2) is 8.04. The van der Waals surface area contributed by atoms with Crippen LogP contribution in [0.15, 0.2) is 32.5 Å². The number of carbonyl (C=O) groups is 3. The molecule has 26 heavy (non-hydrogen) atoms. The van der Waals surface area contributed by atoms with E-state index in [1.807, 2.05) is 0 Å². The van der Waals surface area contributed by atoms with E-state index in [-0.39, 0.29) is 41.1 Å². The van der Waals surface area contributed by atoms with E-state index in [0.29, 0.717) is 12.3 Å². The van der Waals surface area contributed by atoms with Crippen molar-refractivity contribution >= 4 is 29.6 Å². The first kappa shape index (κ1) is 18.0. The molecule has 1 fully saturated rings. The molecule has 4 amide bonds. The van der Waals surface area contributed by atoms with Crippen molar-refractivity contribution < 1.29 is 23.2 Å². The summed E-state index contributed by atoms with van der Waals surface area (Å²) in [5, 5.41) is 15.5. The van der Waals surface area contributed by atoms with Gasteiger partial charge in [0, 0.05) is 12.5 Å². The number of hydrogen-bond donors (Lipinski definition) is 3. The van der Waals surface area contributed by atoms with Crippen LogP contribution in [0.25, 0.3) is 0 Å². The largest absolute Gasteiger partial charge is 0.467 e. The zero-order valence-corrected chi connectivity index (χ0v) is 14.7. The summed E-state index contributed by atoms with van der Waals surface area (Å²) in [6.45, 7) is 2.04. The topological polar surface area (TPSA) is 139 Å². The van der Waals surface area contributed by atoms with E-state index in [4.69, 9.17) is 8.83 Å². The third-order valence-corrected chi connectivity index (χ3v) is 4.56. The Labute approximate surface area is 152 Å². The van der Waals surface area contributed by atoms with E-state index in [0.717, 1.165) is 11.8 Å². The number of imide groups is 1. The lowest BCUT2D eigenvalue weighted by Gasteiger charge is -2.27. The van der Waals surface area contributed by atoms with Crippen molar-refractivity contribution in [1.29, 1.82) is 0 Å². The Kier molecular flexibility index (Phi) is 5.56. The number of nitrogens with one attached hydrogen (secondary N) is 3. The third kappa shape index (κ3) is 4.63.